The van der Waals surface area contributed by atoms with Gasteiger partial charge in [-0.3, -0.25) is 14.6 Å². The Morgan fingerprint density at radius 1 is 0.962 bits per heavy atom. The Bertz CT molecular complexity index is 2190. The lowest BCUT2D eigenvalue weighted by molar-refractivity contribution is -0.141. The fourth-order valence-corrected chi connectivity index (χ4v) is 6.69. The molecule has 2 aliphatic heterocycles. The standard InChI is InChI=1S/C33H30F3N7O8S/c1-21-6-8-23(9-7-21)28-18-29(33(34,35)36)37-41(28)24-10-12-25(13-11-24)52(47,48)38-32(46)49-19-22-14-16-39(17-15-22)42-43(51-42)50-20-40-30(44)26-4-2-3-5-27(26)31(40)45/h2-13,18,22H,14-17,19-20H2,1H3,(H,38,46). The molecule has 0 aliphatic carbocycles. The zero-order chi connectivity index (χ0) is 36.8. The van der Waals surface area contributed by atoms with Gasteiger partial charge < -0.3 is 9.57 Å². The third kappa shape index (κ3) is 6.98. The third-order valence-corrected chi connectivity index (χ3v) is 10.0. The highest BCUT2D eigenvalue weighted by atomic mass is 32.2. The number of carbonyl (C=O) groups is 3. The Hall–Kier alpha value is -5.98. The molecule has 19 heteroatoms. The van der Waals surface area contributed by atoms with Crippen molar-refractivity contribution >= 4 is 27.9 Å². The molecule has 1 saturated heterocycles. The number of rotatable bonds is 10. The second kappa shape index (κ2) is 13.3. The maximum atomic E-state index is 13.5. The van der Waals surface area contributed by atoms with Crippen molar-refractivity contribution < 1.29 is 50.2 Å². The predicted molar refractivity (Wildman–Crippen MR) is 174 cm³/mol. The summed E-state index contributed by atoms with van der Waals surface area (Å²) in [5.74, 6) is -1.02. The van der Waals surface area contributed by atoms with Crippen molar-refractivity contribution in [3.05, 3.63) is 101 Å². The average Bonchev–Trinajstić information content (AvgIpc) is 3.67. The van der Waals surface area contributed by atoms with Crippen LogP contribution in [0.5, 0.6) is 0 Å². The van der Waals surface area contributed by atoms with E-state index in [1.54, 1.807) is 53.5 Å². The van der Waals surface area contributed by atoms with Crippen LogP contribution in [0.4, 0.5) is 18.0 Å². The Kier molecular flexibility index (Phi) is 8.81. The van der Waals surface area contributed by atoms with Gasteiger partial charge in [0.25, 0.3) is 21.8 Å². The number of fused-ring (bicyclic) bond motifs is 1. The van der Waals surface area contributed by atoms with E-state index in [2.05, 4.69) is 5.10 Å². The summed E-state index contributed by atoms with van der Waals surface area (Å²) >= 11 is 0. The lowest BCUT2D eigenvalue weighted by atomic mass is 9.99. The number of alkyl halides is 3. The number of nitrogens with zero attached hydrogens (tertiary/aromatic N) is 6. The molecule has 52 heavy (non-hydrogen) atoms. The summed E-state index contributed by atoms with van der Waals surface area (Å²) in [6.45, 7) is 2.38. The molecule has 3 aromatic carbocycles. The average molecular weight is 742 g/mol. The van der Waals surface area contributed by atoms with Crippen LogP contribution in [0.2, 0.25) is 0 Å². The maximum Gasteiger partial charge on any atom is 0.435 e. The molecular formula is C33H30F3N7O8S. The van der Waals surface area contributed by atoms with Crippen LogP contribution >= 0.6 is 0 Å². The van der Waals surface area contributed by atoms with Gasteiger partial charge in [0.05, 0.1) is 34.0 Å². The van der Waals surface area contributed by atoms with E-state index in [-0.39, 0.29) is 35.5 Å². The quantitative estimate of drug-likeness (QED) is 0.205. The lowest BCUT2D eigenvalue weighted by Crippen LogP contribution is -2.42. The molecule has 2 aliphatic rings. The maximum absolute atomic E-state index is 13.5. The number of aromatic nitrogens is 4. The Labute approximate surface area is 293 Å². The predicted octanol–water partition coefficient (Wildman–Crippen LogP) is 4.21. The minimum atomic E-state index is -4.70. The number of imide groups is 1. The summed E-state index contributed by atoms with van der Waals surface area (Å²) in [6.07, 6.45) is -4.77. The molecule has 4 heterocycles. The number of sulfonamides is 1. The fourth-order valence-electron chi connectivity index (χ4n) is 5.80. The highest BCUT2D eigenvalue weighted by molar-refractivity contribution is 7.90. The summed E-state index contributed by atoms with van der Waals surface area (Å²) in [7, 11) is -4.38. The number of amides is 3. The van der Waals surface area contributed by atoms with Gasteiger partial charge in [0.15, 0.2) is 5.69 Å². The molecule has 15 nitrogen and oxygen atoms in total. The molecule has 1 fully saturated rings. The molecule has 0 saturated carbocycles. The van der Waals surface area contributed by atoms with Crippen molar-refractivity contribution in [2.75, 3.05) is 31.4 Å². The molecule has 3 amide bonds. The normalized spacial score (nSPS) is 15.3. The number of ether oxygens (including phenoxy) is 1. The van der Waals surface area contributed by atoms with Gasteiger partial charge in [0.1, 0.15) is 5.02 Å². The van der Waals surface area contributed by atoms with Gasteiger partial charge in [0, 0.05) is 23.6 Å². The number of benzene rings is 3. The van der Waals surface area contributed by atoms with Crippen molar-refractivity contribution in [2.45, 2.75) is 30.8 Å². The van der Waals surface area contributed by atoms with Crippen LogP contribution in [0.25, 0.3) is 16.9 Å². The zero-order valence-electron chi connectivity index (χ0n) is 27.3. The van der Waals surface area contributed by atoms with Crippen LogP contribution < -0.4 is 14.6 Å². The molecule has 0 radical (unpaired) electrons. The Morgan fingerprint density at radius 2 is 1.60 bits per heavy atom. The first-order valence-corrected chi connectivity index (χ1v) is 17.4. The van der Waals surface area contributed by atoms with E-state index in [0.717, 1.165) is 38.4 Å². The van der Waals surface area contributed by atoms with E-state index < -0.39 is 39.8 Å². The number of halogens is 3. The largest absolute Gasteiger partial charge is 0.449 e. The van der Waals surface area contributed by atoms with Crippen LogP contribution in [-0.4, -0.2) is 77.4 Å². The monoisotopic (exact) mass is 741 g/mol. The second-order valence-corrected chi connectivity index (χ2v) is 13.9. The van der Waals surface area contributed by atoms with E-state index in [0.29, 0.717) is 42.6 Å². The van der Waals surface area contributed by atoms with Gasteiger partial charge in [-0.2, -0.15) is 22.9 Å². The highest BCUT2D eigenvalue weighted by Gasteiger charge is 2.37. The molecule has 2 aromatic heterocycles. The third-order valence-electron chi connectivity index (χ3n) is 8.67. The van der Waals surface area contributed by atoms with Gasteiger partial charge in [-0.05, 0) is 68.1 Å². The number of hydrogen-bond acceptors (Lipinski definition) is 10. The van der Waals surface area contributed by atoms with E-state index >= 15 is 0 Å². The second-order valence-electron chi connectivity index (χ2n) is 12.2. The van der Waals surface area contributed by atoms with E-state index in [4.69, 9.17) is 14.2 Å². The Morgan fingerprint density at radius 3 is 2.21 bits per heavy atom. The lowest BCUT2D eigenvalue weighted by Gasteiger charge is -2.28. The zero-order valence-corrected chi connectivity index (χ0v) is 28.1. The number of carbonyl (C=O) groups excluding carboxylic acids is 3. The highest BCUT2D eigenvalue weighted by Crippen LogP contribution is 2.33. The van der Waals surface area contributed by atoms with Gasteiger partial charge in [-0.15, -0.1) is 0 Å². The van der Waals surface area contributed by atoms with Crippen molar-refractivity contribution in [2.24, 2.45) is 5.92 Å². The summed E-state index contributed by atoms with van der Waals surface area (Å²) in [6, 6.07) is 19.1. The number of nitrogens with one attached hydrogen (secondary N) is 1. The van der Waals surface area contributed by atoms with Gasteiger partial charge in [-0.1, -0.05) is 42.0 Å². The summed E-state index contributed by atoms with van der Waals surface area (Å²) in [5, 5.41) is 6.55. The van der Waals surface area contributed by atoms with E-state index in [1.807, 2.05) is 11.6 Å². The van der Waals surface area contributed by atoms with Crippen LogP contribution in [-0.2, 0) is 20.9 Å². The molecule has 1 N–H and O–H groups in total. The topological polar surface area (TPSA) is 163 Å². The number of hydrogen-bond donors (Lipinski definition) is 1. The summed E-state index contributed by atoms with van der Waals surface area (Å²) in [5.41, 5.74) is 1.22. The van der Waals surface area contributed by atoms with Gasteiger partial charge in [0.2, 0.25) is 6.73 Å². The summed E-state index contributed by atoms with van der Waals surface area (Å²) in [4.78, 5) is 44.9. The molecule has 5 aromatic rings. The van der Waals surface area contributed by atoms with Crippen molar-refractivity contribution in [3.63, 3.8) is 0 Å². The number of piperidine rings is 1. The first kappa shape index (κ1) is 34.5. The SMILES string of the molecule is Cc1ccc(-c2cc(C(F)(F)F)nn2-c2ccc(S(=O)(=O)NC(=O)OCC3CCN(n4on4OCN4C(=O)c5ccccc5C4=O)CC3)cc2)cc1. The molecule has 272 valence electrons. The molecule has 0 atom stereocenters. The smallest absolute Gasteiger partial charge is 0.435 e. The first-order chi connectivity index (χ1) is 24.8. The van der Waals surface area contributed by atoms with Crippen LogP contribution in [0, 0.1) is 12.8 Å². The molecule has 0 unspecified atom stereocenters. The van der Waals surface area contributed by atoms with Crippen LogP contribution in [0.1, 0.15) is 44.8 Å². The van der Waals surface area contributed by atoms with E-state index in [1.165, 1.54) is 17.1 Å². The van der Waals surface area contributed by atoms with E-state index in [9.17, 15) is 36.0 Å². The molecule has 7 rings (SSSR count). The van der Waals surface area contributed by atoms with Crippen molar-refractivity contribution in [3.8, 4) is 16.9 Å². The van der Waals surface area contributed by atoms with Crippen molar-refractivity contribution in [1.29, 1.82) is 0 Å². The number of aryl methyl sites for hydroxylation is 1. The first-order valence-electron chi connectivity index (χ1n) is 15.9. The Balaban J connectivity index is 0.889. The van der Waals surface area contributed by atoms with Gasteiger partial charge >= 0.3 is 12.3 Å². The van der Waals surface area contributed by atoms with Gasteiger partial charge in [-0.25, -0.2) is 27.5 Å². The van der Waals surface area contributed by atoms with Crippen molar-refractivity contribution in [1.82, 2.24) is 29.4 Å². The van der Waals surface area contributed by atoms with Crippen LogP contribution in [0.15, 0.2) is 88.4 Å². The minimum absolute atomic E-state index is 0.0580. The summed E-state index contributed by atoms with van der Waals surface area (Å²) < 4.78 is 79.9. The fraction of sp³-hybridized carbons (Fsp3) is 0.273. The molecule has 0 spiro atoms. The molecular weight excluding hydrogens is 711 g/mol. The molecule has 0 bridgehead atoms. The minimum Gasteiger partial charge on any atom is -0.449 e. The van der Waals surface area contributed by atoms with Crippen LogP contribution in [0.3, 0.4) is 0 Å².